The summed E-state index contributed by atoms with van der Waals surface area (Å²) < 4.78 is 10.5. The van der Waals surface area contributed by atoms with Crippen molar-refractivity contribution in [2.24, 2.45) is 5.73 Å². The predicted molar refractivity (Wildman–Crippen MR) is 75.8 cm³/mol. The lowest BCUT2D eigenvalue weighted by Gasteiger charge is -2.19. The summed E-state index contributed by atoms with van der Waals surface area (Å²) in [6.45, 7) is 1.71. The minimum Gasteiger partial charge on any atom is -0.497 e. The summed E-state index contributed by atoms with van der Waals surface area (Å²) in [5.41, 5.74) is 6.54. The molecule has 0 aromatic heterocycles. The van der Waals surface area contributed by atoms with E-state index in [1.54, 1.807) is 14.2 Å². The molecule has 0 heterocycles. The first-order valence-corrected chi connectivity index (χ1v) is 6.37. The van der Waals surface area contributed by atoms with Gasteiger partial charge >= 0.3 is 0 Å². The second kappa shape index (κ2) is 7.99. The highest BCUT2D eigenvalue weighted by Gasteiger charge is 2.07. The van der Waals surface area contributed by atoms with E-state index in [4.69, 9.17) is 15.2 Å². The Labute approximate surface area is 114 Å². The Morgan fingerprint density at radius 2 is 1.79 bits per heavy atom. The van der Waals surface area contributed by atoms with Gasteiger partial charge in [-0.25, -0.2) is 0 Å². The molecule has 5 heteroatoms. The van der Waals surface area contributed by atoms with Crippen LogP contribution in [0.25, 0.3) is 0 Å². The number of ether oxygens (including phenoxy) is 2. The molecular weight excluding hydrogens is 244 g/mol. The summed E-state index contributed by atoms with van der Waals surface area (Å²) in [6, 6.07) is 5.84. The zero-order valence-corrected chi connectivity index (χ0v) is 11.9. The van der Waals surface area contributed by atoms with Crippen molar-refractivity contribution in [3.8, 4) is 11.5 Å². The molecule has 1 atom stereocenters. The Morgan fingerprint density at radius 3 is 2.26 bits per heavy atom. The molecule has 1 aromatic carbocycles. The number of likely N-dealkylation sites (N-methyl/N-ethyl adjacent to an activating group) is 1. The van der Waals surface area contributed by atoms with Crippen LogP contribution in [-0.4, -0.2) is 57.0 Å². The van der Waals surface area contributed by atoms with Crippen LogP contribution in [-0.2, 0) is 6.42 Å². The molecule has 1 aromatic rings. The maximum atomic E-state index is 9.48. The average Bonchev–Trinajstić information content (AvgIpc) is 2.44. The lowest BCUT2D eigenvalue weighted by atomic mass is 10.1. The summed E-state index contributed by atoms with van der Waals surface area (Å²) in [5.74, 6) is 1.58. The third-order valence-electron chi connectivity index (χ3n) is 2.99. The number of hydrogen-bond donors (Lipinski definition) is 2. The van der Waals surface area contributed by atoms with Crippen molar-refractivity contribution in [2.45, 2.75) is 12.5 Å². The van der Waals surface area contributed by atoms with Crippen molar-refractivity contribution in [1.82, 2.24) is 4.90 Å². The van der Waals surface area contributed by atoms with Gasteiger partial charge in [0, 0.05) is 25.7 Å². The largest absolute Gasteiger partial charge is 0.497 e. The van der Waals surface area contributed by atoms with E-state index < -0.39 is 6.10 Å². The third-order valence-corrected chi connectivity index (χ3v) is 2.99. The van der Waals surface area contributed by atoms with Gasteiger partial charge in [0.25, 0.3) is 0 Å². The van der Waals surface area contributed by atoms with Gasteiger partial charge in [-0.15, -0.1) is 0 Å². The SMILES string of the molecule is COc1cc(CCN(C)CC(O)CN)cc(OC)c1. The number of hydrogen-bond acceptors (Lipinski definition) is 5. The van der Waals surface area contributed by atoms with Gasteiger partial charge in [-0.05, 0) is 31.2 Å². The van der Waals surface area contributed by atoms with E-state index in [2.05, 4.69) is 4.90 Å². The molecule has 19 heavy (non-hydrogen) atoms. The first kappa shape index (κ1) is 15.8. The Morgan fingerprint density at radius 1 is 1.21 bits per heavy atom. The molecule has 0 aliphatic carbocycles. The summed E-state index contributed by atoms with van der Waals surface area (Å²) in [5, 5.41) is 9.48. The molecule has 1 rings (SSSR count). The molecule has 108 valence electrons. The number of aliphatic hydroxyl groups excluding tert-OH is 1. The molecule has 0 fully saturated rings. The van der Waals surface area contributed by atoms with Crippen LogP contribution in [0.1, 0.15) is 5.56 Å². The minimum atomic E-state index is -0.468. The van der Waals surface area contributed by atoms with Crippen molar-refractivity contribution in [2.75, 3.05) is 40.9 Å². The highest BCUT2D eigenvalue weighted by atomic mass is 16.5. The molecule has 5 nitrogen and oxygen atoms in total. The fourth-order valence-electron chi connectivity index (χ4n) is 1.86. The first-order valence-electron chi connectivity index (χ1n) is 6.37. The monoisotopic (exact) mass is 268 g/mol. The standard InChI is InChI=1S/C14H24N2O3/c1-16(10-12(17)9-15)5-4-11-6-13(18-2)8-14(7-11)19-3/h6-8,12,17H,4-5,9-10,15H2,1-3H3. The summed E-state index contributed by atoms with van der Waals surface area (Å²) in [4.78, 5) is 2.06. The Balaban J connectivity index is 2.56. The van der Waals surface area contributed by atoms with Gasteiger partial charge < -0.3 is 25.2 Å². The van der Waals surface area contributed by atoms with E-state index in [9.17, 15) is 5.11 Å². The van der Waals surface area contributed by atoms with Gasteiger partial charge in [0.15, 0.2) is 0 Å². The average molecular weight is 268 g/mol. The summed E-state index contributed by atoms with van der Waals surface area (Å²) >= 11 is 0. The van der Waals surface area contributed by atoms with Crippen LogP contribution in [0.3, 0.4) is 0 Å². The molecule has 0 aliphatic rings. The fraction of sp³-hybridized carbons (Fsp3) is 0.571. The normalized spacial score (nSPS) is 12.5. The second-order valence-electron chi connectivity index (χ2n) is 4.62. The molecule has 0 aliphatic heterocycles. The van der Waals surface area contributed by atoms with Crippen LogP contribution >= 0.6 is 0 Å². The van der Waals surface area contributed by atoms with Crippen LogP contribution < -0.4 is 15.2 Å². The number of rotatable bonds is 8. The maximum absolute atomic E-state index is 9.48. The molecule has 0 bridgehead atoms. The number of methoxy groups -OCH3 is 2. The van der Waals surface area contributed by atoms with Crippen molar-refractivity contribution < 1.29 is 14.6 Å². The molecule has 3 N–H and O–H groups in total. The van der Waals surface area contributed by atoms with Crippen molar-refractivity contribution in [1.29, 1.82) is 0 Å². The number of benzene rings is 1. The first-order chi connectivity index (χ1) is 9.08. The quantitative estimate of drug-likeness (QED) is 0.718. The highest BCUT2D eigenvalue weighted by Crippen LogP contribution is 2.22. The number of aliphatic hydroxyl groups is 1. The van der Waals surface area contributed by atoms with E-state index in [1.807, 2.05) is 25.2 Å². The predicted octanol–water partition coefficient (Wildman–Crippen LogP) is 0.498. The Kier molecular flexibility index (Phi) is 6.62. The molecule has 0 radical (unpaired) electrons. The number of nitrogens with two attached hydrogens (primary N) is 1. The Bertz CT molecular complexity index is 363. The van der Waals surface area contributed by atoms with Crippen molar-refractivity contribution >= 4 is 0 Å². The van der Waals surface area contributed by atoms with Crippen LogP contribution in [0.15, 0.2) is 18.2 Å². The zero-order valence-electron chi connectivity index (χ0n) is 11.9. The molecule has 0 saturated carbocycles. The Hall–Kier alpha value is -1.30. The molecule has 0 saturated heterocycles. The van der Waals surface area contributed by atoms with Crippen LogP contribution in [0, 0.1) is 0 Å². The van der Waals surface area contributed by atoms with Gasteiger partial charge in [0.1, 0.15) is 11.5 Å². The lowest BCUT2D eigenvalue weighted by Crippen LogP contribution is -2.35. The topological polar surface area (TPSA) is 68.0 Å². The van der Waals surface area contributed by atoms with Crippen molar-refractivity contribution in [3.63, 3.8) is 0 Å². The smallest absolute Gasteiger partial charge is 0.122 e. The van der Waals surface area contributed by atoms with Crippen LogP contribution in [0.4, 0.5) is 0 Å². The van der Waals surface area contributed by atoms with E-state index in [1.165, 1.54) is 0 Å². The fourth-order valence-corrected chi connectivity index (χ4v) is 1.86. The van der Waals surface area contributed by atoms with E-state index in [0.717, 1.165) is 30.0 Å². The highest BCUT2D eigenvalue weighted by molar-refractivity contribution is 5.38. The van der Waals surface area contributed by atoms with Gasteiger partial charge in [0.2, 0.25) is 0 Å². The van der Waals surface area contributed by atoms with Gasteiger partial charge in [0.05, 0.1) is 20.3 Å². The lowest BCUT2D eigenvalue weighted by molar-refractivity contribution is 0.133. The van der Waals surface area contributed by atoms with Crippen LogP contribution in [0.2, 0.25) is 0 Å². The van der Waals surface area contributed by atoms with Gasteiger partial charge in [-0.3, -0.25) is 0 Å². The molecule has 1 unspecified atom stereocenters. The summed E-state index contributed by atoms with van der Waals surface area (Å²) in [6.07, 6.45) is 0.395. The second-order valence-corrected chi connectivity index (χ2v) is 4.62. The van der Waals surface area contributed by atoms with Crippen molar-refractivity contribution in [3.05, 3.63) is 23.8 Å². The van der Waals surface area contributed by atoms with Gasteiger partial charge in [-0.2, -0.15) is 0 Å². The maximum Gasteiger partial charge on any atom is 0.122 e. The van der Waals surface area contributed by atoms with Gasteiger partial charge in [-0.1, -0.05) is 0 Å². The van der Waals surface area contributed by atoms with E-state index >= 15 is 0 Å². The van der Waals surface area contributed by atoms with E-state index in [-0.39, 0.29) is 6.54 Å². The molecule has 0 amide bonds. The van der Waals surface area contributed by atoms with E-state index in [0.29, 0.717) is 6.54 Å². The number of nitrogens with zero attached hydrogens (tertiary/aromatic N) is 1. The van der Waals surface area contributed by atoms with Crippen LogP contribution in [0.5, 0.6) is 11.5 Å². The molecular formula is C14H24N2O3. The summed E-state index contributed by atoms with van der Waals surface area (Å²) in [7, 11) is 5.25. The third kappa shape index (κ3) is 5.46. The zero-order chi connectivity index (χ0) is 14.3. The minimum absolute atomic E-state index is 0.289. The molecule has 0 spiro atoms.